The minimum atomic E-state index is -3.96. The number of fused-ring (bicyclic) bond motifs is 1. The molecule has 21 heavy (non-hydrogen) atoms. The highest BCUT2D eigenvalue weighted by molar-refractivity contribution is 7.92. The van der Waals surface area contributed by atoms with Gasteiger partial charge >= 0.3 is 7.12 Å². The van der Waals surface area contributed by atoms with Gasteiger partial charge in [0.15, 0.2) is 0 Å². The molecule has 108 valence electrons. The van der Waals surface area contributed by atoms with Crippen LogP contribution in [0.25, 0.3) is 0 Å². The predicted molar refractivity (Wildman–Crippen MR) is 75.5 cm³/mol. The zero-order valence-corrected chi connectivity index (χ0v) is 11.5. The molecule has 3 N–H and O–H groups in total. The van der Waals surface area contributed by atoms with E-state index in [1.54, 1.807) is 12.1 Å². The second-order valence-electron chi connectivity index (χ2n) is 4.51. The van der Waals surface area contributed by atoms with Crippen molar-refractivity contribution >= 4 is 28.3 Å². The summed E-state index contributed by atoms with van der Waals surface area (Å²) in [5.74, 6) is -0.575. The van der Waals surface area contributed by atoms with Gasteiger partial charge in [0.05, 0.1) is 6.61 Å². The fraction of sp³-hybridized carbons (Fsp3) is 0.0833. The molecule has 0 aliphatic carbocycles. The Morgan fingerprint density at radius 2 is 2.14 bits per heavy atom. The second-order valence-corrected chi connectivity index (χ2v) is 6.16. The molecular formula is C12H11BN2O5S. The Morgan fingerprint density at radius 3 is 2.90 bits per heavy atom. The molecular weight excluding hydrogens is 295 g/mol. The fourth-order valence-electron chi connectivity index (χ4n) is 2.08. The Labute approximate surface area is 121 Å². The van der Waals surface area contributed by atoms with Crippen molar-refractivity contribution in [2.24, 2.45) is 0 Å². The maximum absolute atomic E-state index is 12.2. The lowest BCUT2D eigenvalue weighted by molar-refractivity contribution is 0.275. The highest BCUT2D eigenvalue weighted by atomic mass is 32.2. The summed E-state index contributed by atoms with van der Waals surface area (Å²) in [4.78, 5) is 3.22. The molecule has 2 aromatic rings. The van der Waals surface area contributed by atoms with Gasteiger partial charge in [0.25, 0.3) is 10.0 Å². The van der Waals surface area contributed by atoms with E-state index in [9.17, 15) is 18.5 Å². The topological polar surface area (TPSA) is 109 Å². The first kappa shape index (κ1) is 13.9. The van der Waals surface area contributed by atoms with E-state index in [4.69, 9.17) is 4.65 Å². The molecule has 0 atom stereocenters. The summed E-state index contributed by atoms with van der Waals surface area (Å²) in [5, 5.41) is 19.1. The first-order chi connectivity index (χ1) is 9.97. The number of anilines is 1. The van der Waals surface area contributed by atoms with Crippen molar-refractivity contribution < 1.29 is 23.2 Å². The molecule has 1 aromatic heterocycles. The molecule has 0 fully saturated rings. The summed E-state index contributed by atoms with van der Waals surface area (Å²) in [6, 6.07) is 7.39. The molecule has 0 amide bonds. The lowest BCUT2D eigenvalue weighted by atomic mass is 9.79. The van der Waals surface area contributed by atoms with E-state index in [1.165, 1.54) is 24.4 Å². The van der Waals surface area contributed by atoms with Crippen molar-refractivity contribution in [1.29, 1.82) is 0 Å². The van der Waals surface area contributed by atoms with E-state index in [0.29, 0.717) is 5.46 Å². The van der Waals surface area contributed by atoms with Crippen molar-refractivity contribution in [3.8, 4) is 5.88 Å². The number of aromatic nitrogens is 1. The molecule has 2 heterocycles. The quantitative estimate of drug-likeness (QED) is 0.678. The van der Waals surface area contributed by atoms with E-state index >= 15 is 0 Å². The van der Waals surface area contributed by atoms with Crippen molar-refractivity contribution in [2.75, 3.05) is 4.72 Å². The lowest BCUT2D eigenvalue weighted by Gasteiger charge is -2.10. The van der Waals surface area contributed by atoms with Gasteiger partial charge in [0, 0.05) is 11.9 Å². The largest absolute Gasteiger partial charge is 0.492 e. The van der Waals surface area contributed by atoms with E-state index in [0.717, 1.165) is 5.56 Å². The van der Waals surface area contributed by atoms with Gasteiger partial charge in [-0.15, -0.1) is 0 Å². The number of rotatable bonds is 3. The van der Waals surface area contributed by atoms with Gasteiger partial charge in [0.2, 0.25) is 5.88 Å². The van der Waals surface area contributed by atoms with E-state index in [2.05, 4.69) is 9.71 Å². The van der Waals surface area contributed by atoms with Crippen molar-refractivity contribution in [3.63, 3.8) is 0 Å². The summed E-state index contributed by atoms with van der Waals surface area (Å²) in [6.07, 6.45) is 1.29. The molecule has 1 aromatic carbocycles. The van der Waals surface area contributed by atoms with Crippen LogP contribution in [0, 0.1) is 0 Å². The highest BCUT2D eigenvalue weighted by Gasteiger charge is 2.28. The second kappa shape index (κ2) is 5.03. The van der Waals surface area contributed by atoms with Crippen LogP contribution in [0.15, 0.2) is 41.4 Å². The van der Waals surface area contributed by atoms with Crippen LogP contribution in [-0.4, -0.2) is 30.7 Å². The number of hydrogen-bond donors (Lipinski definition) is 3. The number of nitrogens with zero attached hydrogens (tertiary/aromatic N) is 1. The van der Waals surface area contributed by atoms with E-state index < -0.39 is 23.0 Å². The molecule has 0 radical (unpaired) electrons. The maximum atomic E-state index is 12.2. The smallest absolute Gasteiger partial charge is 0.491 e. The third-order valence-corrected chi connectivity index (χ3v) is 4.50. The first-order valence-corrected chi connectivity index (χ1v) is 7.55. The molecule has 3 rings (SSSR count). The Kier molecular flexibility index (Phi) is 3.32. The number of pyridine rings is 1. The lowest BCUT2D eigenvalue weighted by Crippen LogP contribution is -2.28. The average molecular weight is 306 g/mol. The molecule has 9 heteroatoms. The number of hydrogen-bond acceptors (Lipinski definition) is 6. The van der Waals surface area contributed by atoms with Crippen LogP contribution in [0.4, 0.5) is 5.69 Å². The molecule has 1 aliphatic rings. The summed E-state index contributed by atoms with van der Waals surface area (Å²) in [7, 11) is -5.02. The number of aromatic hydroxyl groups is 1. The van der Waals surface area contributed by atoms with Gasteiger partial charge in [0.1, 0.15) is 4.90 Å². The van der Waals surface area contributed by atoms with E-state index in [1.807, 2.05) is 0 Å². The first-order valence-electron chi connectivity index (χ1n) is 6.07. The van der Waals surface area contributed by atoms with Gasteiger partial charge < -0.3 is 14.8 Å². The number of sulfonamides is 1. The molecule has 1 aliphatic heterocycles. The van der Waals surface area contributed by atoms with Gasteiger partial charge in [-0.25, -0.2) is 13.4 Å². The van der Waals surface area contributed by atoms with E-state index in [-0.39, 0.29) is 17.2 Å². The molecule has 0 bridgehead atoms. The normalized spacial score (nSPS) is 14.0. The van der Waals surface area contributed by atoms with Crippen molar-refractivity contribution in [3.05, 3.63) is 42.1 Å². The molecule has 0 unspecified atom stereocenters. The summed E-state index contributed by atoms with van der Waals surface area (Å²) in [5.41, 5.74) is 1.59. The van der Waals surface area contributed by atoms with Crippen molar-refractivity contribution in [2.45, 2.75) is 11.5 Å². The minimum Gasteiger partial charge on any atom is -0.492 e. The number of nitrogens with one attached hydrogen (secondary N) is 1. The summed E-state index contributed by atoms with van der Waals surface area (Å²) >= 11 is 0. The summed E-state index contributed by atoms with van der Waals surface area (Å²) in [6.45, 7) is 0.285. The van der Waals surface area contributed by atoms with Crippen molar-refractivity contribution in [1.82, 2.24) is 4.98 Å². The van der Waals surface area contributed by atoms with Gasteiger partial charge in [-0.3, -0.25) is 4.72 Å². The third kappa shape index (κ3) is 2.58. The molecule has 0 saturated heterocycles. The Hall–Kier alpha value is -2.10. The van der Waals surface area contributed by atoms with Crippen LogP contribution in [0.5, 0.6) is 5.88 Å². The minimum absolute atomic E-state index is 0.265. The average Bonchev–Trinajstić information content (AvgIpc) is 2.80. The maximum Gasteiger partial charge on any atom is 0.491 e. The predicted octanol–water partition coefficient (Wildman–Crippen LogP) is -0.194. The van der Waals surface area contributed by atoms with Crippen LogP contribution >= 0.6 is 0 Å². The van der Waals surface area contributed by atoms with Crippen LogP contribution in [0.3, 0.4) is 0 Å². The number of benzene rings is 1. The molecule has 0 saturated carbocycles. The molecule has 7 nitrogen and oxygen atoms in total. The van der Waals surface area contributed by atoms with Gasteiger partial charge in [-0.05, 0) is 35.3 Å². The Bertz CT molecular complexity index is 796. The Balaban J connectivity index is 1.94. The third-order valence-electron chi connectivity index (χ3n) is 3.10. The SMILES string of the molecule is O=S(=O)(Nc1ccc2c(c1)B(O)OC2)c1cccnc1O. The standard InChI is InChI=1S/C12H11BN2O5S/c16-12-11(2-1-5-14-12)21(18,19)15-9-4-3-8-7-20-13(17)10(8)6-9/h1-6,15,17H,7H2,(H,14,16). The summed E-state index contributed by atoms with van der Waals surface area (Å²) < 4.78 is 31.8. The van der Waals surface area contributed by atoms with Crippen LogP contribution in [0.1, 0.15) is 5.56 Å². The van der Waals surface area contributed by atoms with Crippen LogP contribution in [-0.2, 0) is 21.3 Å². The highest BCUT2D eigenvalue weighted by Crippen LogP contribution is 2.22. The van der Waals surface area contributed by atoms with Gasteiger partial charge in [-0.2, -0.15) is 0 Å². The zero-order chi connectivity index (χ0) is 15.0. The van der Waals surface area contributed by atoms with Crippen LogP contribution in [0.2, 0.25) is 0 Å². The van der Waals surface area contributed by atoms with Gasteiger partial charge in [-0.1, -0.05) is 6.07 Å². The Morgan fingerprint density at radius 1 is 1.33 bits per heavy atom. The van der Waals surface area contributed by atoms with Crippen LogP contribution < -0.4 is 10.2 Å². The zero-order valence-electron chi connectivity index (χ0n) is 10.7. The monoisotopic (exact) mass is 306 g/mol. The molecule has 0 spiro atoms. The fourth-order valence-corrected chi connectivity index (χ4v) is 3.18.